The number of hydrogen-bond acceptors (Lipinski definition) is 6. The predicted octanol–water partition coefficient (Wildman–Crippen LogP) is -0.362. The lowest BCUT2D eigenvalue weighted by Crippen LogP contribution is -2.50. The number of hydrogen-bond donors (Lipinski definition) is 1. The maximum atomic E-state index is 11.0. The maximum absolute atomic E-state index is 11.0. The second-order valence-electron chi connectivity index (χ2n) is 3.49. The summed E-state index contributed by atoms with van der Waals surface area (Å²) in [6, 6.07) is 1.10. The second kappa shape index (κ2) is 4.76. The van der Waals surface area contributed by atoms with Gasteiger partial charge in [0.1, 0.15) is 11.9 Å². The van der Waals surface area contributed by atoms with Crippen LogP contribution in [0.15, 0.2) is 12.4 Å². The lowest BCUT2D eigenvalue weighted by atomic mass is 10.2. The Labute approximate surface area is 97.3 Å². The average molecular weight is 234 g/mol. The van der Waals surface area contributed by atoms with Crippen LogP contribution < -0.4 is 4.90 Å². The molecule has 88 valence electrons. The Hall–Kier alpha value is -2.20. The number of carboxylic acid groups (broad SMARTS) is 1. The molecular formula is C10H10N4O3. The molecule has 1 aliphatic heterocycles. The highest BCUT2D eigenvalue weighted by Gasteiger charge is 2.30. The van der Waals surface area contributed by atoms with Gasteiger partial charge in [0.05, 0.1) is 25.6 Å². The van der Waals surface area contributed by atoms with Crippen LogP contribution in [0, 0.1) is 11.3 Å². The van der Waals surface area contributed by atoms with E-state index in [1.54, 1.807) is 4.90 Å². The highest BCUT2D eigenvalue weighted by atomic mass is 16.5. The van der Waals surface area contributed by atoms with Gasteiger partial charge in [-0.1, -0.05) is 0 Å². The molecule has 17 heavy (non-hydrogen) atoms. The molecule has 1 N–H and O–H groups in total. The molecular weight excluding hydrogens is 224 g/mol. The number of aromatic nitrogens is 2. The molecule has 0 bridgehead atoms. The first kappa shape index (κ1) is 11.3. The quantitative estimate of drug-likeness (QED) is 0.745. The number of nitrogens with zero attached hydrogens (tertiary/aromatic N) is 4. The van der Waals surface area contributed by atoms with Crippen LogP contribution in [-0.2, 0) is 9.53 Å². The van der Waals surface area contributed by atoms with Crippen LogP contribution in [0.5, 0.6) is 0 Å². The highest BCUT2D eigenvalue weighted by molar-refractivity contribution is 5.78. The summed E-state index contributed by atoms with van der Waals surface area (Å²) in [6.07, 6.45) is 2.73. The zero-order valence-electron chi connectivity index (χ0n) is 8.91. The summed E-state index contributed by atoms with van der Waals surface area (Å²) in [4.78, 5) is 20.5. The lowest BCUT2D eigenvalue weighted by Gasteiger charge is -2.33. The topological polar surface area (TPSA) is 99.3 Å². The number of ether oxygens (including phenoxy) is 1. The van der Waals surface area contributed by atoms with Crippen molar-refractivity contribution >= 4 is 11.8 Å². The van der Waals surface area contributed by atoms with Crippen LogP contribution in [-0.4, -0.2) is 46.8 Å². The molecule has 7 heteroatoms. The number of carboxylic acids is 1. The van der Waals surface area contributed by atoms with Gasteiger partial charge < -0.3 is 14.7 Å². The zero-order chi connectivity index (χ0) is 12.3. The van der Waals surface area contributed by atoms with Gasteiger partial charge in [-0.25, -0.2) is 14.8 Å². The van der Waals surface area contributed by atoms with E-state index < -0.39 is 12.0 Å². The van der Waals surface area contributed by atoms with Gasteiger partial charge in [-0.15, -0.1) is 0 Å². The fourth-order valence-electron chi connectivity index (χ4n) is 1.61. The molecule has 1 fully saturated rings. The first-order valence-electron chi connectivity index (χ1n) is 5.01. The Morgan fingerprint density at radius 2 is 2.41 bits per heavy atom. The fraction of sp³-hybridized carbons (Fsp3) is 0.400. The molecule has 0 aliphatic carbocycles. The summed E-state index contributed by atoms with van der Waals surface area (Å²) in [5.41, 5.74) is 0.203. The number of rotatable bonds is 2. The van der Waals surface area contributed by atoms with Crippen molar-refractivity contribution in [1.82, 2.24) is 9.97 Å². The standard InChI is InChI=1S/C10H10N4O3/c11-3-7-4-13-9(5-12-7)14-1-2-17-6-8(14)10(15)16/h4-5,8H,1-2,6H2,(H,15,16). The summed E-state index contributed by atoms with van der Waals surface area (Å²) in [7, 11) is 0. The van der Waals surface area contributed by atoms with Crippen LogP contribution in [0.2, 0.25) is 0 Å². The van der Waals surface area contributed by atoms with Crippen molar-refractivity contribution in [3.8, 4) is 6.07 Å². The van der Waals surface area contributed by atoms with Gasteiger partial charge in [0.15, 0.2) is 11.7 Å². The molecule has 1 aromatic rings. The fourth-order valence-corrected chi connectivity index (χ4v) is 1.61. The van der Waals surface area contributed by atoms with Gasteiger partial charge in [0.25, 0.3) is 0 Å². The van der Waals surface area contributed by atoms with E-state index in [0.29, 0.717) is 19.0 Å². The summed E-state index contributed by atoms with van der Waals surface area (Å²) in [5.74, 6) is -0.518. The van der Waals surface area contributed by atoms with E-state index in [1.165, 1.54) is 12.4 Å². The van der Waals surface area contributed by atoms with E-state index in [2.05, 4.69) is 9.97 Å². The third-order valence-electron chi connectivity index (χ3n) is 2.46. The Morgan fingerprint density at radius 3 is 3.00 bits per heavy atom. The number of carbonyl (C=O) groups is 1. The van der Waals surface area contributed by atoms with Crippen LogP contribution in [0.25, 0.3) is 0 Å². The molecule has 0 amide bonds. The number of morpholine rings is 1. The molecule has 1 saturated heterocycles. The molecule has 1 aromatic heterocycles. The monoisotopic (exact) mass is 234 g/mol. The van der Waals surface area contributed by atoms with Crippen molar-refractivity contribution in [3.63, 3.8) is 0 Å². The van der Waals surface area contributed by atoms with E-state index in [4.69, 9.17) is 15.1 Å². The molecule has 2 heterocycles. The Morgan fingerprint density at radius 1 is 1.59 bits per heavy atom. The van der Waals surface area contributed by atoms with E-state index in [-0.39, 0.29) is 12.3 Å². The minimum Gasteiger partial charge on any atom is -0.480 e. The molecule has 1 atom stereocenters. The molecule has 2 rings (SSSR count). The smallest absolute Gasteiger partial charge is 0.328 e. The van der Waals surface area contributed by atoms with E-state index in [0.717, 1.165) is 0 Å². The van der Waals surface area contributed by atoms with Crippen molar-refractivity contribution in [2.75, 3.05) is 24.7 Å². The highest BCUT2D eigenvalue weighted by Crippen LogP contribution is 2.16. The molecule has 0 spiro atoms. The second-order valence-corrected chi connectivity index (χ2v) is 3.49. The molecule has 7 nitrogen and oxygen atoms in total. The summed E-state index contributed by atoms with van der Waals surface area (Å²) >= 11 is 0. The first-order chi connectivity index (χ1) is 8.22. The predicted molar refractivity (Wildman–Crippen MR) is 56.3 cm³/mol. The minimum atomic E-state index is -0.962. The normalized spacial score (nSPS) is 19.7. The van der Waals surface area contributed by atoms with E-state index >= 15 is 0 Å². The zero-order valence-corrected chi connectivity index (χ0v) is 8.91. The van der Waals surface area contributed by atoms with Crippen molar-refractivity contribution in [1.29, 1.82) is 5.26 Å². The van der Waals surface area contributed by atoms with Gasteiger partial charge >= 0.3 is 5.97 Å². The summed E-state index contributed by atoms with van der Waals surface area (Å²) in [5, 5.41) is 17.6. The molecule has 0 saturated carbocycles. The summed E-state index contributed by atoms with van der Waals surface area (Å²) in [6.45, 7) is 1.01. The van der Waals surface area contributed by atoms with E-state index in [9.17, 15) is 4.79 Å². The minimum absolute atomic E-state index is 0.122. The van der Waals surface area contributed by atoms with Crippen LogP contribution in [0.1, 0.15) is 5.69 Å². The Bertz CT molecular complexity index is 454. The van der Waals surface area contributed by atoms with Crippen LogP contribution in [0.3, 0.4) is 0 Å². The number of aliphatic carboxylic acids is 1. The van der Waals surface area contributed by atoms with Crippen molar-refractivity contribution in [2.24, 2.45) is 0 Å². The van der Waals surface area contributed by atoms with Gasteiger partial charge in [-0.2, -0.15) is 5.26 Å². The van der Waals surface area contributed by atoms with Gasteiger partial charge in [0, 0.05) is 6.54 Å². The molecule has 1 aliphatic rings. The van der Waals surface area contributed by atoms with Gasteiger partial charge in [-0.05, 0) is 0 Å². The lowest BCUT2D eigenvalue weighted by molar-refractivity contribution is -0.141. The Balaban J connectivity index is 2.24. The van der Waals surface area contributed by atoms with Crippen LogP contribution in [0.4, 0.5) is 5.82 Å². The van der Waals surface area contributed by atoms with Crippen molar-refractivity contribution in [2.45, 2.75) is 6.04 Å². The van der Waals surface area contributed by atoms with Crippen molar-refractivity contribution < 1.29 is 14.6 Å². The molecule has 0 aromatic carbocycles. The third kappa shape index (κ3) is 2.32. The van der Waals surface area contributed by atoms with Gasteiger partial charge in [0.2, 0.25) is 0 Å². The SMILES string of the molecule is N#Cc1cnc(N2CCOCC2C(=O)O)cn1. The number of anilines is 1. The average Bonchev–Trinajstić information content (AvgIpc) is 2.39. The Kier molecular flexibility index (Phi) is 3.16. The van der Waals surface area contributed by atoms with Crippen molar-refractivity contribution in [3.05, 3.63) is 18.1 Å². The van der Waals surface area contributed by atoms with E-state index in [1.807, 2.05) is 6.07 Å². The first-order valence-corrected chi connectivity index (χ1v) is 5.01. The largest absolute Gasteiger partial charge is 0.480 e. The number of nitriles is 1. The van der Waals surface area contributed by atoms with Crippen LogP contribution >= 0.6 is 0 Å². The van der Waals surface area contributed by atoms with Gasteiger partial charge in [-0.3, -0.25) is 0 Å². The molecule has 1 unspecified atom stereocenters. The molecule has 0 radical (unpaired) electrons. The summed E-state index contributed by atoms with van der Waals surface area (Å²) < 4.78 is 5.12. The maximum Gasteiger partial charge on any atom is 0.328 e. The third-order valence-corrected chi connectivity index (χ3v) is 2.46.